The van der Waals surface area contributed by atoms with Crippen molar-refractivity contribution in [2.75, 3.05) is 13.2 Å². The van der Waals surface area contributed by atoms with E-state index in [9.17, 15) is 4.79 Å². The van der Waals surface area contributed by atoms with Gasteiger partial charge in [-0.25, -0.2) is 4.79 Å². The lowest BCUT2D eigenvalue weighted by molar-refractivity contribution is -0.146. The van der Waals surface area contributed by atoms with Crippen LogP contribution in [0.5, 0.6) is 0 Å². The Labute approximate surface area is 133 Å². The van der Waals surface area contributed by atoms with Gasteiger partial charge < -0.3 is 14.2 Å². The molecule has 3 rings (SSSR count). The van der Waals surface area contributed by atoms with Gasteiger partial charge in [-0.1, -0.05) is 6.58 Å². The predicted molar refractivity (Wildman–Crippen MR) is 83.5 cm³/mol. The Balaban J connectivity index is 1.27. The highest BCUT2D eigenvalue weighted by Crippen LogP contribution is 2.39. The van der Waals surface area contributed by atoms with E-state index in [1.54, 1.807) is 6.92 Å². The number of epoxide rings is 1. The molecule has 1 heterocycles. The molecule has 0 spiro atoms. The Hall–Kier alpha value is -0.870. The van der Waals surface area contributed by atoms with E-state index in [2.05, 4.69) is 6.58 Å². The molecule has 3 unspecified atom stereocenters. The van der Waals surface area contributed by atoms with E-state index >= 15 is 0 Å². The molecule has 0 aromatic heterocycles. The van der Waals surface area contributed by atoms with E-state index in [-0.39, 0.29) is 12.1 Å². The quantitative estimate of drug-likeness (QED) is 0.429. The summed E-state index contributed by atoms with van der Waals surface area (Å²) in [5.41, 5.74) is 0.486. The molecule has 3 atom stereocenters. The summed E-state index contributed by atoms with van der Waals surface area (Å²) in [7, 11) is 0. The maximum atomic E-state index is 11.5. The minimum atomic E-state index is -0.252. The van der Waals surface area contributed by atoms with Crippen LogP contribution >= 0.6 is 0 Å². The Bertz CT molecular complexity index is 411. The lowest BCUT2D eigenvalue weighted by Crippen LogP contribution is -2.27. The fraction of sp³-hybridized carbons (Fsp3) is 0.833. The van der Waals surface area contributed by atoms with Gasteiger partial charge in [-0.3, -0.25) is 0 Å². The summed E-state index contributed by atoms with van der Waals surface area (Å²) in [4.78, 5) is 11.5. The number of rotatable bonds is 6. The molecule has 2 aliphatic carbocycles. The topological polar surface area (TPSA) is 48.1 Å². The van der Waals surface area contributed by atoms with Gasteiger partial charge in [-0.05, 0) is 63.7 Å². The number of hydrogen-bond donors (Lipinski definition) is 0. The van der Waals surface area contributed by atoms with E-state index in [0.717, 1.165) is 38.9 Å². The molecule has 124 valence electrons. The Morgan fingerprint density at radius 2 is 1.73 bits per heavy atom. The zero-order valence-corrected chi connectivity index (χ0v) is 13.6. The molecule has 3 fully saturated rings. The van der Waals surface area contributed by atoms with Crippen molar-refractivity contribution in [2.45, 2.75) is 70.2 Å². The van der Waals surface area contributed by atoms with Crippen LogP contribution in [-0.4, -0.2) is 37.5 Å². The second-order valence-electron chi connectivity index (χ2n) is 7.26. The van der Waals surface area contributed by atoms with Crippen molar-refractivity contribution in [3.8, 4) is 0 Å². The molecule has 4 heteroatoms. The van der Waals surface area contributed by atoms with E-state index in [1.807, 2.05) is 0 Å². The molecule has 0 N–H and O–H groups in total. The Morgan fingerprint density at radius 3 is 2.41 bits per heavy atom. The standard InChI is InChI=1S/C18H28O4/c1-12(2)18(19)21-15-6-3-13(4-7-15)10-20-11-14-5-8-16-17(9-14)22-16/h13-17H,1,3-11H2,2H3. The van der Waals surface area contributed by atoms with Crippen LogP contribution in [-0.2, 0) is 19.0 Å². The van der Waals surface area contributed by atoms with Crippen molar-refractivity contribution in [3.63, 3.8) is 0 Å². The summed E-state index contributed by atoms with van der Waals surface area (Å²) in [6.07, 6.45) is 8.94. The van der Waals surface area contributed by atoms with Crippen molar-refractivity contribution in [2.24, 2.45) is 11.8 Å². The van der Waals surface area contributed by atoms with Crippen LogP contribution in [0.1, 0.15) is 51.9 Å². The second-order valence-corrected chi connectivity index (χ2v) is 7.26. The highest BCUT2D eigenvalue weighted by Gasteiger charge is 2.43. The molecule has 2 saturated carbocycles. The third kappa shape index (κ3) is 4.32. The van der Waals surface area contributed by atoms with Crippen LogP contribution in [0.4, 0.5) is 0 Å². The van der Waals surface area contributed by atoms with Gasteiger partial charge >= 0.3 is 5.97 Å². The number of ether oxygens (including phenoxy) is 3. The summed E-state index contributed by atoms with van der Waals surface area (Å²) in [5.74, 6) is 1.06. The smallest absolute Gasteiger partial charge is 0.333 e. The Morgan fingerprint density at radius 1 is 1.05 bits per heavy atom. The molecular formula is C18H28O4. The third-order valence-electron chi connectivity index (χ3n) is 5.24. The fourth-order valence-electron chi connectivity index (χ4n) is 3.71. The maximum absolute atomic E-state index is 11.5. The number of hydrogen-bond acceptors (Lipinski definition) is 4. The van der Waals surface area contributed by atoms with Crippen molar-refractivity contribution in [3.05, 3.63) is 12.2 Å². The van der Waals surface area contributed by atoms with Crippen molar-refractivity contribution < 1.29 is 19.0 Å². The first-order valence-electron chi connectivity index (χ1n) is 8.71. The summed E-state index contributed by atoms with van der Waals surface area (Å²) < 4.78 is 16.9. The second kappa shape index (κ2) is 7.14. The molecule has 0 amide bonds. The van der Waals surface area contributed by atoms with E-state index in [4.69, 9.17) is 14.2 Å². The summed E-state index contributed by atoms with van der Waals surface area (Å²) in [5, 5.41) is 0. The predicted octanol–water partition coefficient (Wildman–Crippen LogP) is 3.25. The zero-order valence-electron chi connectivity index (χ0n) is 13.6. The zero-order chi connectivity index (χ0) is 15.5. The van der Waals surface area contributed by atoms with Gasteiger partial charge in [0.1, 0.15) is 6.10 Å². The molecule has 4 nitrogen and oxygen atoms in total. The number of esters is 1. The average molecular weight is 308 g/mol. The molecule has 0 radical (unpaired) electrons. The fourth-order valence-corrected chi connectivity index (χ4v) is 3.71. The van der Waals surface area contributed by atoms with Crippen LogP contribution < -0.4 is 0 Å². The van der Waals surface area contributed by atoms with Crippen LogP contribution in [0, 0.1) is 11.8 Å². The SMILES string of the molecule is C=C(C)C(=O)OC1CCC(COCC2CCC3OC3C2)CC1. The lowest BCUT2D eigenvalue weighted by atomic mass is 9.87. The first-order valence-corrected chi connectivity index (χ1v) is 8.71. The van der Waals surface area contributed by atoms with E-state index in [0.29, 0.717) is 29.6 Å². The minimum absolute atomic E-state index is 0.0720. The molecule has 1 saturated heterocycles. The summed E-state index contributed by atoms with van der Waals surface area (Å²) in [6, 6.07) is 0. The van der Waals surface area contributed by atoms with Gasteiger partial charge in [-0.15, -0.1) is 0 Å². The number of carbonyl (C=O) groups is 1. The first-order chi connectivity index (χ1) is 10.6. The van der Waals surface area contributed by atoms with Crippen molar-refractivity contribution in [1.29, 1.82) is 0 Å². The third-order valence-corrected chi connectivity index (χ3v) is 5.24. The lowest BCUT2D eigenvalue weighted by Gasteiger charge is -2.29. The van der Waals surface area contributed by atoms with Gasteiger partial charge in [0.05, 0.1) is 12.2 Å². The molecule has 22 heavy (non-hydrogen) atoms. The summed E-state index contributed by atoms with van der Waals surface area (Å²) >= 11 is 0. The minimum Gasteiger partial charge on any atom is -0.459 e. The van der Waals surface area contributed by atoms with Crippen molar-refractivity contribution in [1.82, 2.24) is 0 Å². The Kier molecular flexibility index (Phi) is 5.19. The van der Waals surface area contributed by atoms with Crippen LogP contribution in [0.3, 0.4) is 0 Å². The molecule has 0 aromatic rings. The monoisotopic (exact) mass is 308 g/mol. The molecular weight excluding hydrogens is 280 g/mol. The molecule has 0 aromatic carbocycles. The highest BCUT2D eigenvalue weighted by atomic mass is 16.6. The van der Waals surface area contributed by atoms with Crippen LogP contribution in [0.15, 0.2) is 12.2 Å². The normalized spacial score (nSPS) is 37.2. The largest absolute Gasteiger partial charge is 0.459 e. The van der Waals surface area contributed by atoms with Gasteiger partial charge in [0.15, 0.2) is 0 Å². The van der Waals surface area contributed by atoms with Gasteiger partial charge in [-0.2, -0.15) is 0 Å². The van der Waals surface area contributed by atoms with Crippen molar-refractivity contribution >= 4 is 5.97 Å². The average Bonchev–Trinajstić information content (AvgIpc) is 3.27. The number of carbonyl (C=O) groups excluding carboxylic acids is 1. The highest BCUT2D eigenvalue weighted by molar-refractivity contribution is 5.87. The molecule has 3 aliphatic rings. The molecule has 0 bridgehead atoms. The summed E-state index contributed by atoms with van der Waals surface area (Å²) in [6.45, 7) is 7.06. The van der Waals surface area contributed by atoms with Gasteiger partial charge in [0, 0.05) is 18.8 Å². The molecule has 1 aliphatic heterocycles. The van der Waals surface area contributed by atoms with E-state index < -0.39 is 0 Å². The van der Waals surface area contributed by atoms with E-state index in [1.165, 1.54) is 19.3 Å². The maximum Gasteiger partial charge on any atom is 0.333 e. The first kappa shape index (κ1) is 16.0. The van der Waals surface area contributed by atoms with Crippen LogP contribution in [0.2, 0.25) is 0 Å². The van der Waals surface area contributed by atoms with Crippen LogP contribution in [0.25, 0.3) is 0 Å². The van der Waals surface area contributed by atoms with Gasteiger partial charge in [0.25, 0.3) is 0 Å². The van der Waals surface area contributed by atoms with Gasteiger partial charge in [0.2, 0.25) is 0 Å². The number of fused-ring (bicyclic) bond motifs is 1.